The molecule has 1 aromatic heterocycles. The summed E-state index contributed by atoms with van der Waals surface area (Å²) in [7, 11) is -3.70. The molecule has 1 aromatic carbocycles. The van der Waals surface area contributed by atoms with Gasteiger partial charge >= 0.3 is 0 Å². The summed E-state index contributed by atoms with van der Waals surface area (Å²) in [6, 6.07) is 6.75. The van der Waals surface area contributed by atoms with Crippen molar-refractivity contribution in [3.8, 4) is 5.69 Å². The van der Waals surface area contributed by atoms with Gasteiger partial charge in [0.2, 0.25) is 15.9 Å². The minimum absolute atomic E-state index is 0.0655. The Labute approximate surface area is 160 Å². The molecule has 1 aliphatic rings. The van der Waals surface area contributed by atoms with Crippen molar-refractivity contribution in [2.45, 2.75) is 44.6 Å². The van der Waals surface area contributed by atoms with Crippen molar-refractivity contribution >= 4 is 15.9 Å². The number of aromatic nitrogens is 2. The molecule has 1 unspecified atom stereocenters. The van der Waals surface area contributed by atoms with Crippen molar-refractivity contribution in [2.75, 3.05) is 13.1 Å². The fraction of sp³-hybridized carbons (Fsp3) is 0.474. The number of rotatable bonds is 5. The van der Waals surface area contributed by atoms with E-state index in [4.69, 9.17) is 0 Å². The summed E-state index contributed by atoms with van der Waals surface area (Å²) in [5, 5.41) is 4.16. The van der Waals surface area contributed by atoms with E-state index < -0.39 is 10.0 Å². The average molecular weight is 391 g/mol. The Balaban J connectivity index is 1.80. The van der Waals surface area contributed by atoms with Crippen molar-refractivity contribution in [3.05, 3.63) is 42.2 Å². The molecule has 3 rings (SSSR count). The molecule has 2 aromatic rings. The molecule has 1 fully saturated rings. The van der Waals surface area contributed by atoms with Crippen molar-refractivity contribution in [3.63, 3.8) is 0 Å². The molecular formula is C19H26N4O3S. The number of nitrogens with one attached hydrogen (secondary N) is 1. The molecule has 2 heterocycles. The molecule has 0 spiro atoms. The number of hydrogen-bond donors (Lipinski definition) is 1. The van der Waals surface area contributed by atoms with Crippen LogP contribution in [0.15, 0.2) is 41.6 Å². The van der Waals surface area contributed by atoms with Gasteiger partial charge in [-0.25, -0.2) is 17.8 Å². The molecule has 1 saturated heterocycles. The number of carbonyl (C=O) groups is 1. The number of likely N-dealkylation sites (tertiary alicyclic amines) is 1. The number of piperidine rings is 1. The maximum absolute atomic E-state index is 13.0. The van der Waals surface area contributed by atoms with Crippen LogP contribution in [-0.4, -0.2) is 48.1 Å². The van der Waals surface area contributed by atoms with Crippen LogP contribution < -0.4 is 4.72 Å². The number of carbonyl (C=O) groups excluding carboxylic acids is 1. The lowest BCUT2D eigenvalue weighted by atomic mass is 10.0. The standard InChI is InChI=1S/C19H26N4O3S/c1-14(2)19(24)22-10-4-6-16(13-22)21-27(25,26)18-12-17(8-7-15(18)3)23-11-5-9-20-23/h5,7-9,11-12,14,16,21H,4,6,10,13H2,1-3H3. The normalized spacial score (nSPS) is 18.1. The maximum atomic E-state index is 13.0. The highest BCUT2D eigenvalue weighted by Crippen LogP contribution is 2.21. The van der Waals surface area contributed by atoms with Crippen molar-refractivity contribution in [1.29, 1.82) is 0 Å². The first-order valence-corrected chi connectivity index (χ1v) is 10.7. The number of amides is 1. The molecule has 0 saturated carbocycles. The summed E-state index contributed by atoms with van der Waals surface area (Å²) in [6.45, 7) is 6.59. The number of aryl methyl sites for hydroxylation is 1. The van der Waals surface area contributed by atoms with E-state index >= 15 is 0 Å². The molecule has 7 nitrogen and oxygen atoms in total. The van der Waals surface area contributed by atoms with Crippen LogP contribution in [0.3, 0.4) is 0 Å². The fourth-order valence-electron chi connectivity index (χ4n) is 3.36. The van der Waals surface area contributed by atoms with Crippen LogP contribution in [0.1, 0.15) is 32.3 Å². The van der Waals surface area contributed by atoms with Crippen LogP contribution in [0.4, 0.5) is 0 Å². The van der Waals surface area contributed by atoms with E-state index in [-0.39, 0.29) is 22.8 Å². The molecule has 0 aliphatic carbocycles. The van der Waals surface area contributed by atoms with E-state index in [2.05, 4.69) is 9.82 Å². The topological polar surface area (TPSA) is 84.3 Å². The third-order valence-electron chi connectivity index (χ3n) is 4.78. The molecule has 146 valence electrons. The van der Waals surface area contributed by atoms with Gasteiger partial charge in [-0.15, -0.1) is 0 Å². The van der Waals surface area contributed by atoms with Gasteiger partial charge in [-0.1, -0.05) is 19.9 Å². The Bertz CT molecular complexity index is 907. The first-order valence-electron chi connectivity index (χ1n) is 9.20. The molecule has 8 heteroatoms. The average Bonchev–Trinajstić information content (AvgIpc) is 3.15. The van der Waals surface area contributed by atoms with E-state index in [1.807, 2.05) is 19.9 Å². The van der Waals surface area contributed by atoms with Crippen molar-refractivity contribution in [2.24, 2.45) is 5.92 Å². The Morgan fingerprint density at radius 2 is 2.11 bits per heavy atom. The smallest absolute Gasteiger partial charge is 0.241 e. The third kappa shape index (κ3) is 4.39. The number of hydrogen-bond acceptors (Lipinski definition) is 4. The minimum atomic E-state index is -3.70. The molecule has 1 aliphatic heterocycles. The molecule has 0 radical (unpaired) electrons. The van der Waals surface area contributed by atoms with Gasteiger partial charge in [0, 0.05) is 37.4 Å². The summed E-state index contributed by atoms with van der Waals surface area (Å²) in [6.07, 6.45) is 4.93. The van der Waals surface area contributed by atoms with E-state index in [1.165, 1.54) is 0 Å². The van der Waals surface area contributed by atoms with E-state index in [0.29, 0.717) is 24.3 Å². The first-order chi connectivity index (χ1) is 12.8. The van der Waals surface area contributed by atoms with Crippen LogP contribution in [0.25, 0.3) is 5.69 Å². The lowest BCUT2D eigenvalue weighted by Gasteiger charge is -2.34. The zero-order valence-corrected chi connectivity index (χ0v) is 16.7. The highest BCUT2D eigenvalue weighted by Gasteiger charge is 2.29. The molecule has 1 atom stereocenters. The second-order valence-corrected chi connectivity index (χ2v) is 8.98. The van der Waals surface area contributed by atoms with Crippen molar-refractivity contribution in [1.82, 2.24) is 19.4 Å². The number of sulfonamides is 1. The van der Waals surface area contributed by atoms with Crippen LogP contribution in [0.5, 0.6) is 0 Å². The van der Waals surface area contributed by atoms with Crippen LogP contribution in [0.2, 0.25) is 0 Å². The molecule has 27 heavy (non-hydrogen) atoms. The zero-order chi connectivity index (χ0) is 19.6. The number of nitrogens with zero attached hydrogens (tertiary/aromatic N) is 3. The monoisotopic (exact) mass is 390 g/mol. The van der Waals surface area contributed by atoms with Gasteiger partial charge in [0.05, 0.1) is 10.6 Å². The van der Waals surface area contributed by atoms with Gasteiger partial charge in [-0.2, -0.15) is 5.10 Å². The lowest BCUT2D eigenvalue weighted by molar-refractivity contribution is -0.135. The van der Waals surface area contributed by atoms with Crippen molar-refractivity contribution < 1.29 is 13.2 Å². The SMILES string of the molecule is Cc1ccc(-n2cccn2)cc1S(=O)(=O)NC1CCCN(C(=O)C(C)C)C1. The fourth-order valence-corrected chi connectivity index (χ4v) is 4.89. The van der Waals surface area contributed by atoms with Crippen LogP contribution in [0, 0.1) is 12.8 Å². The third-order valence-corrected chi connectivity index (χ3v) is 6.44. The Morgan fingerprint density at radius 3 is 2.78 bits per heavy atom. The number of benzene rings is 1. The second-order valence-electron chi connectivity index (χ2n) is 7.30. The quantitative estimate of drug-likeness (QED) is 0.847. The maximum Gasteiger partial charge on any atom is 0.241 e. The predicted octanol–water partition coefficient (Wildman–Crippen LogP) is 2.11. The van der Waals surface area contributed by atoms with E-state index in [1.54, 1.807) is 47.1 Å². The first kappa shape index (κ1) is 19.6. The molecular weight excluding hydrogens is 364 g/mol. The largest absolute Gasteiger partial charge is 0.341 e. The minimum Gasteiger partial charge on any atom is -0.341 e. The predicted molar refractivity (Wildman–Crippen MR) is 103 cm³/mol. The molecule has 1 amide bonds. The molecule has 0 bridgehead atoms. The van der Waals surface area contributed by atoms with E-state index in [0.717, 1.165) is 12.8 Å². The summed E-state index contributed by atoms with van der Waals surface area (Å²) in [5.41, 5.74) is 1.36. The van der Waals surface area contributed by atoms with Gasteiger partial charge in [0.25, 0.3) is 0 Å². The highest BCUT2D eigenvalue weighted by atomic mass is 32.2. The van der Waals surface area contributed by atoms with E-state index in [9.17, 15) is 13.2 Å². The Morgan fingerprint density at radius 1 is 1.33 bits per heavy atom. The van der Waals surface area contributed by atoms with Crippen LogP contribution >= 0.6 is 0 Å². The second kappa shape index (κ2) is 7.82. The summed E-state index contributed by atoms with van der Waals surface area (Å²) < 4.78 is 30.4. The lowest BCUT2D eigenvalue weighted by Crippen LogP contribution is -2.50. The van der Waals surface area contributed by atoms with Gasteiger partial charge in [0.15, 0.2) is 0 Å². The Kier molecular flexibility index (Phi) is 5.67. The highest BCUT2D eigenvalue weighted by molar-refractivity contribution is 7.89. The van der Waals surface area contributed by atoms with Gasteiger partial charge < -0.3 is 4.90 Å². The Hall–Kier alpha value is -2.19. The van der Waals surface area contributed by atoms with Gasteiger partial charge in [-0.3, -0.25) is 4.79 Å². The van der Waals surface area contributed by atoms with Crippen LogP contribution in [-0.2, 0) is 14.8 Å². The summed E-state index contributed by atoms with van der Waals surface area (Å²) >= 11 is 0. The summed E-state index contributed by atoms with van der Waals surface area (Å²) in [4.78, 5) is 14.2. The van der Waals surface area contributed by atoms with Gasteiger partial charge in [0.1, 0.15) is 0 Å². The molecule has 1 N–H and O–H groups in total. The van der Waals surface area contributed by atoms with Gasteiger partial charge in [-0.05, 0) is 43.5 Å². The zero-order valence-electron chi connectivity index (χ0n) is 15.9. The summed E-state index contributed by atoms with van der Waals surface area (Å²) in [5.74, 6) is -0.0240.